The van der Waals surface area contributed by atoms with E-state index in [1.165, 1.54) is 0 Å². The second-order valence-electron chi connectivity index (χ2n) is 6.18. The Bertz CT molecular complexity index is 1010. The van der Waals surface area contributed by atoms with Gasteiger partial charge in [-0.25, -0.2) is 0 Å². The topological polar surface area (TPSA) is 94.2 Å². The quantitative estimate of drug-likeness (QED) is 0.314. The van der Waals surface area contributed by atoms with E-state index in [2.05, 4.69) is 10.6 Å². The zero-order valence-electron chi connectivity index (χ0n) is 14.6. The van der Waals surface area contributed by atoms with Gasteiger partial charge in [0.15, 0.2) is 0 Å². The van der Waals surface area contributed by atoms with Gasteiger partial charge in [-0.15, -0.1) is 0 Å². The minimum Gasteiger partial charge on any atom is -0.497 e. The molecule has 2 heterocycles. The molecule has 1 aromatic heterocycles. The molecule has 0 unspecified atom stereocenters. The lowest BCUT2D eigenvalue weighted by atomic mass is 9.99. The van der Waals surface area contributed by atoms with E-state index in [1.54, 1.807) is 19.2 Å². The van der Waals surface area contributed by atoms with Gasteiger partial charge in [-0.05, 0) is 44.3 Å². The summed E-state index contributed by atoms with van der Waals surface area (Å²) in [6, 6.07) is 8.91. The van der Waals surface area contributed by atoms with Crippen LogP contribution in [-0.4, -0.2) is 35.4 Å². The molecule has 0 spiro atoms. The molecule has 3 aromatic rings. The molecule has 0 radical (unpaired) electrons. The van der Waals surface area contributed by atoms with E-state index >= 15 is 0 Å². The number of nitrogens with zero attached hydrogens (tertiary/aromatic N) is 3. The number of hydrogen-bond acceptors (Lipinski definition) is 6. The predicted molar refractivity (Wildman–Crippen MR) is 100 cm³/mol. The molecule has 0 saturated carbocycles. The lowest BCUT2D eigenvalue weighted by Crippen LogP contribution is -2.11. The van der Waals surface area contributed by atoms with Crippen LogP contribution >= 0.6 is 0 Å². The van der Waals surface area contributed by atoms with Crippen LogP contribution in [0.3, 0.4) is 0 Å². The van der Waals surface area contributed by atoms with Crippen molar-refractivity contribution in [2.45, 2.75) is 13.0 Å². The van der Waals surface area contributed by atoms with Crippen LogP contribution in [0, 0.1) is 10.1 Å². The van der Waals surface area contributed by atoms with Crippen LogP contribution in [0.2, 0.25) is 0 Å². The average molecular weight is 353 g/mol. The van der Waals surface area contributed by atoms with E-state index in [0.29, 0.717) is 5.69 Å². The highest BCUT2D eigenvalue weighted by atomic mass is 16.6. The molecule has 8 nitrogen and oxygen atoms in total. The van der Waals surface area contributed by atoms with Gasteiger partial charge in [0.25, 0.3) is 5.69 Å². The Morgan fingerprint density at radius 1 is 1.35 bits per heavy atom. The summed E-state index contributed by atoms with van der Waals surface area (Å²) in [6.07, 6.45) is 0.914. The maximum Gasteiger partial charge on any atom is 0.293 e. The van der Waals surface area contributed by atoms with Crippen LogP contribution in [-0.2, 0) is 6.54 Å². The van der Waals surface area contributed by atoms with E-state index in [9.17, 15) is 10.1 Å². The summed E-state index contributed by atoms with van der Waals surface area (Å²) in [5, 5.41) is 23.4. The Hall–Kier alpha value is -3.13. The monoisotopic (exact) mass is 353 g/mol. The first-order valence-electron chi connectivity index (χ1n) is 8.42. The lowest BCUT2D eigenvalue weighted by molar-refractivity contribution is -0.383. The largest absolute Gasteiger partial charge is 0.497 e. The molecular formula is C18H19N5O3. The van der Waals surface area contributed by atoms with E-state index in [-0.39, 0.29) is 10.6 Å². The van der Waals surface area contributed by atoms with Crippen LogP contribution in [0.1, 0.15) is 6.42 Å². The first kappa shape index (κ1) is 16.3. The Labute approximate surface area is 149 Å². The summed E-state index contributed by atoms with van der Waals surface area (Å²) < 4.78 is 7.26. The van der Waals surface area contributed by atoms with Crippen molar-refractivity contribution in [3.8, 4) is 17.0 Å². The van der Waals surface area contributed by atoms with Crippen LogP contribution in [0.4, 0.5) is 17.1 Å². The fourth-order valence-corrected chi connectivity index (χ4v) is 3.39. The van der Waals surface area contributed by atoms with Crippen molar-refractivity contribution in [3.63, 3.8) is 0 Å². The summed E-state index contributed by atoms with van der Waals surface area (Å²) in [6.45, 7) is 1.60. The molecule has 2 N–H and O–H groups in total. The second-order valence-corrected chi connectivity index (χ2v) is 6.18. The molecule has 2 aromatic carbocycles. The molecule has 4 rings (SSSR count). The Morgan fingerprint density at radius 3 is 2.92 bits per heavy atom. The Morgan fingerprint density at radius 2 is 2.19 bits per heavy atom. The molecule has 0 atom stereocenters. The highest BCUT2D eigenvalue weighted by Gasteiger charge is 2.29. The third-order valence-electron chi connectivity index (χ3n) is 4.63. The highest BCUT2D eigenvalue weighted by Crippen LogP contribution is 2.47. The SMILES string of the molecule is CNCCCn1nc2c3c(c([N+](=O)[O-])ccc31)Nc1ccc(OC)cc1-2. The van der Waals surface area contributed by atoms with E-state index < -0.39 is 0 Å². The molecule has 1 aliphatic heterocycles. The molecule has 26 heavy (non-hydrogen) atoms. The normalized spacial score (nSPS) is 11.9. The van der Waals surface area contributed by atoms with Gasteiger partial charge in [0.05, 0.1) is 22.9 Å². The number of nitro groups is 1. The van der Waals surface area contributed by atoms with Crippen molar-refractivity contribution in [3.05, 3.63) is 40.4 Å². The summed E-state index contributed by atoms with van der Waals surface area (Å²) in [4.78, 5) is 11.1. The van der Waals surface area contributed by atoms with Gasteiger partial charge in [0.1, 0.15) is 17.1 Å². The third kappa shape index (κ3) is 2.46. The third-order valence-corrected chi connectivity index (χ3v) is 4.63. The Kier molecular flexibility index (Phi) is 3.96. The molecule has 0 fully saturated rings. The summed E-state index contributed by atoms with van der Waals surface area (Å²) in [5.41, 5.74) is 3.85. The number of benzene rings is 2. The molecule has 134 valence electrons. The number of methoxy groups -OCH3 is 1. The summed E-state index contributed by atoms with van der Waals surface area (Å²) >= 11 is 0. The molecule has 0 saturated heterocycles. The smallest absolute Gasteiger partial charge is 0.293 e. The number of ether oxygens (including phenoxy) is 1. The van der Waals surface area contributed by atoms with Crippen molar-refractivity contribution >= 4 is 28.0 Å². The number of fused-ring (bicyclic) bond motifs is 2. The van der Waals surface area contributed by atoms with Gasteiger partial charge >= 0.3 is 0 Å². The lowest BCUT2D eigenvalue weighted by Gasteiger charge is -2.18. The molecule has 8 heteroatoms. The predicted octanol–water partition coefficient (Wildman–Crippen LogP) is 3.29. The minimum atomic E-state index is -0.363. The average Bonchev–Trinajstić information content (AvgIpc) is 3.02. The fraction of sp³-hybridized carbons (Fsp3) is 0.278. The first-order chi connectivity index (χ1) is 12.6. The maximum absolute atomic E-state index is 11.5. The number of nitrogens with one attached hydrogen (secondary N) is 2. The zero-order valence-corrected chi connectivity index (χ0v) is 14.6. The number of nitro benzene ring substituents is 1. The van der Waals surface area contributed by atoms with Crippen LogP contribution in [0.5, 0.6) is 5.75 Å². The van der Waals surface area contributed by atoms with Gasteiger partial charge in [0, 0.05) is 23.9 Å². The van der Waals surface area contributed by atoms with Crippen LogP contribution in [0.25, 0.3) is 22.2 Å². The van der Waals surface area contributed by atoms with Gasteiger partial charge < -0.3 is 15.4 Å². The van der Waals surface area contributed by atoms with Gasteiger partial charge in [-0.2, -0.15) is 5.10 Å². The van der Waals surface area contributed by atoms with Gasteiger partial charge in [-0.3, -0.25) is 14.8 Å². The summed E-state index contributed by atoms with van der Waals surface area (Å²) in [5.74, 6) is 0.720. The van der Waals surface area contributed by atoms with Gasteiger partial charge in [0.2, 0.25) is 0 Å². The minimum absolute atomic E-state index is 0.0509. The van der Waals surface area contributed by atoms with Crippen LogP contribution in [0.15, 0.2) is 30.3 Å². The number of hydrogen-bond donors (Lipinski definition) is 2. The molecule has 0 bridgehead atoms. The van der Waals surface area contributed by atoms with Crippen molar-refractivity contribution in [1.82, 2.24) is 15.1 Å². The first-order valence-corrected chi connectivity index (χ1v) is 8.42. The van der Waals surface area contributed by atoms with Crippen molar-refractivity contribution in [2.24, 2.45) is 0 Å². The standard InChI is InChI=1S/C18H19N5O3/c1-19-8-3-9-22-14-6-7-15(23(24)25)18-16(14)17(21-22)12-10-11(26-2)4-5-13(12)20-18/h4-7,10,19-20H,3,8-9H2,1-2H3. The number of anilines is 2. The van der Waals surface area contributed by atoms with Crippen LogP contribution < -0.4 is 15.4 Å². The van der Waals surface area contributed by atoms with E-state index in [0.717, 1.165) is 53.1 Å². The van der Waals surface area contributed by atoms with Crippen molar-refractivity contribution in [1.29, 1.82) is 0 Å². The zero-order chi connectivity index (χ0) is 18.3. The number of aryl methyl sites for hydroxylation is 1. The number of rotatable bonds is 6. The molecule has 0 aliphatic carbocycles. The Balaban J connectivity index is 1.96. The second kappa shape index (κ2) is 6.30. The van der Waals surface area contributed by atoms with E-state index in [4.69, 9.17) is 9.84 Å². The molecular weight excluding hydrogens is 334 g/mol. The van der Waals surface area contributed by atoms with Crippen molar-refractivity contribution < 1.29 is 9.66 Å². The summed E-state index contributed by atoms with van der Waals surface area (Å²) in [7, 11) is 3.53. The van der Waals surface area contributed by atoms with Gasteiger partial charge in [-0.1, -0.05) is 0 Å². The maximum atomic E-state index is 11.5. The molecule has 1 aliphatic rings. The van der Waals surface area contributed by atoms with Crippen molar-refractivity contribution in [2.75, 3.05) is 26.0 Å². The highest BCUT2D eigenvalue weighted by molar-refractivity contribution is 6.12. The number of aromatic nitrogens is 2. The molecule has 0 amide bonds. The van der Waals surface area contributed by atoms with E-state index in [1.807, 2.05) is 29.9 Å². The fourth-order valence-electron chi connectivity index (χ4n) is 3.39.